The Morgan fingerprint density at radius 2 is 1.51 bits per heavy atom. The molecule has 5 unspecified atom stereocenters. The predicted molar refractivity (Wildman–Crippen MR) is 202 cm³/mol. The molecule has 12 N–H and O–H groups in total. The highest BCUT2D eigenvalue weighted by molar-refractivity contribution is 6.31. The minimum absolute atomic E-state index is 0.000623. The van der Waals surface area contributed by atoms with Crippen molar-refractivity contribution >= 4 is 23.4 Å². The highest BCUT2D eigenvalue weighted by Crippen LogP contribution is 2.57. The Morgan fingerprint density at radius 3 is 2.15 bits per heavy atom. The van der Waals surface area contributed by atoms with Gasteiger partial charge in [-0.15, -0.1) is 0 Å². The molecule has 0 spiro atoms. The standard InChI is InChI=1S/C40H44N2O19/c1-11-5-17-24(31(50)21(11)37(54)42-18(9-43)38(55)56)23-15(8-16-25(32(23)51)28(47)14-6-13(57-4)7-19(44)22(14)27(16)46)29(48)35(17)60-40-34(53)36(26(41-3)12(2)59-40)61-39-33(52)30(49)20(45)10-58-39/h5-8,12,18,20,26,29-30,33-36,39-41,43-45,48-53H,9-10H2,1-4H3,(H,42,54)(H,55,56)/t12?,18-,20-,26+,29+,30?,33?,34?,35+,36?,39+,40+/m1/s1. The molecular weight excluding hydrogens is 812 g/mol. The van der Waals surface area contributed by atoms with Crippen LogP contribution in [-0.2, 0) is 23.7 Å². The zero-order valence-electron chi connectivity index (χ0n) is 32.8. The number of aliphatic hydroxyl groups is 6. The maximum absolute atomic E-state index is 14.1. The van der Waals surface area contributed by atoms with E-state index in [9.17, 15) is 70.2 Å². The molecule has 0 saturated carbocycles. The van der Waals surface area contributed by atoms with E-state index in [-0.39, 0.29) is 28.0 Å². The van der Waals surface area contributed by atoms with Crippen LogP contribution >= 0.6 is 0 Å². The van der Waals surface area contributed by atoms with E-state index in [0.29, 0.717) is 0 Å². The minimum Gasteiger partial charge on any atom is -0.507 e. The van der Waals surface area contributed by atoms with Crippen LogP contribution in [0, 0.1) is 6.92 Å². The van der Waals surface area contributed by atoms with E-state index in [4.69, 9.17) is 23.7 Å². The number of carbonyl (C=O) groups is 4. The number of aliphatic hydroxyl groups excluding tert-OH is 6. The second-order valence-electron chi connectivity index (χ2n) is 15.1. The molecule has 1 amide bonds. The summed E-state index contributed by atoms with van der Waals surface area (Å²) in [7, 11) is 2.78. The number of phenols is 3. The van der Waals surface area contributed by atoms with E-state index in [2.05, 4.69) is 10.6 Å². The Balaban J connectivity index is 1.37. The summed E-state index contributed by atoms with van der Waals surface area (Å²) < 4.78 is 28.9. The summed E-state index contributed by atoms with van der Waals surface area (Å²) >= 11 is 0. The van der Waals surface area contributed by atoms with Crippen LogP contribution in [0.15, 0.2) is 24.3 Å². The topological polar surface area (TPSA) is 341 Å². The average Bonchev–Trinajstić information content (AvgIpc) is 3.21. The number of ketones is 2. The van der Waals surface area contributed by atoms with Crippen LogP contribution in [0.5, 0.6) is 23.0 Å². The largest absolute Gasteiger partial charge is 0.507 e. The summed E-state index contributed by atoms with van der Waals surface area (Å²) in [6, 6.07) is 1.91. The second kappa shape index (κ2) is 16.5. The van der Waals surface area contributed by atoms with E-state index in [0.717, 1.165) is 12.1 Å². The van der Waals surface area contributed by atoms with Gasteiger partial charge in [0.25, 0.3) is 5.91 Å². The molecule has 4 aliphatic rings. The number of aryl methyl sites for hydroxylation is 1. The Morgan fingerprint density at radius 1 is 0.852 bits per heavy atom. The number of likely N-dealkylation sites (N-methyl/N-ethyl adjacent to an activating group) is 1. The fourth-order valence-electron chi connectivity index (χ4n) is 8.38. The highest BCUT2D eigenvalue weighted by Gasteiger charge is 2.51. The van der Waals surface area contributed by atoms with Gasteiger partial charge in [0.05, 0.1) is 49.2 Å². The molecule has 12 atom stereocenters. The number of carboxylic acid groups (broad SMARTS) is 1. The fraction of sp³-hybridized carbons (Fsp3) is 0.450. The summed E-state index contributed by atoms with van der Waals surface area (Å²) in [5.74, 6) is -7.18. The van der Waals surface area contributed by atoms with Crippen LogP contribution < -0.4 is 15.4 Å². The molecule has 2 heterocycles. The number of aliphatic carboxylic acids is 1. The zero-order chi connectivity index (χ0) is 44.5. The number of phenolic OH excluding ortho intramolecular Hbond substituents is 3. The summed E-state index contributed by atoms with van der Waals surface area (Å²) in [6.45, 7) is 1.46. The maximum Gasteiger partial charge on any atom is 0.328 e. The molecule has 7 rings (SSSR count). The van der Waals surface area contributed by atoms with Crippen molar-refractivity contribution in [3.8, 4) is 34.1 Å². The molecule has 2 aliphatic carbocycles. The van der Waals surface area contributed by atoms with Crippen LogP contribution in [0.1, 0.15) is 78.0 Å². The predicted octanol–water partition coefficient (Wildman–Crippen LogP) is -1.64. The average molecular weight is 857 g/mol. The number of carboxylic acids is 1. The number of carbonyl (C=O) groups excluding carboxylic acids is 3. The molecule has 0 bridgehead atoms. The number of hydrogen-bond acceptors (Lipinski definition) is 19. The smallest absolute Gasteiger partial charge is 0.328 e. The van der Waals surface area contributed by atoms with Gasteiger partial charge in [-0.05, 0) is 49.7 Å². The summed E-state index contributed by atoms with van der Waals surface area (Å²) in [4.78, 5) is 53.4. The zero-order valence-corrected chi connectivity index (χ0v) is 32.8. The van der Waals surface area contributed by atoms with E-state index >= 15 is 0 Å². The van der Waals surface area contributed by atoms with Crippen molar-refractivity contribution in [3.63, 3.8) is 0 Å². The molecule has 2 fully saturated rings. The Kier molecular flexibility index (Phi) is 11.9. The maximum atomic E-state index is 14.1. The van der Waals surface area contributed by atoms with Crippen LogP contribution in [-0.4, -0.2) is 163 Å². The molecule has 21 heteroatoms. The number of rotatable bonds is 10. The number of methoxy groups -OCH3 is 1. The van der Waals surface area contributed by atoms with Gasteiger partial charge in [0.15, 0.2) is 30.2 Å². The van der Waals surface area contributed by atoms with Crippen LogP contribution in [0.2, 0.25) is 0 Å². The normalized spacial score (nSPS) is 29.8. The summed E-state index contributed by atoms with van der Waals surface area (Å²) in [5, 5.41) is 114. The van der Waals surface area contributed by atoms with Crippen LogP contribution in [0.3, 0.4) is 0 Å². The Bertz CT molecular complexity index is 2300. The highest BCUT2D eigenvalue weighted by atomic mass is 16.7. The number of aromatic hydroxyl groups is 3. The molecule has 0 radical (unpaired) electrons. The summed E-state index contributed by atoms with van der Waals surface area (Å²) in [5.41, 5.74) is -3.82. The number of hydrogen-bond donors (Lipinski definition) is 12. The van der Waals surface area contributed by atoms with Gasteiger partial charge in [-0.3, -0.25) is 14.4 Å². The van der Waals surface area contributed by atoms with Crippen molar-refractivity contribution in [2.45, 2.75) is 87.3 Å². The number of amides is 1. The van der Waals surface area contributed by atoms with E-state index in [1.54, 1.807) is 6.92 Å². The molecule has 2 aliphatic heterocycles. The van der Waals surface area contributed by atoms with Crippen LogP contribution in [0.4, 0.5) is 0 Å². The first-order valence-electron chi connectivity index (χ1n) is 18.9. The van der Waals surface area contributed by atoms with Gasteiger partial charge in [-0.2, -0.15) is 0 Å². The SMILES string of the molecule is CN[C@H]1C(C)O[C@@H](O[C@H]2c3cc(C)c(C(=O)N[C@H](CO)C(=O)O)c(O)c3-c3c(cc4c(c3O)C(=O)c3cc(OC)cc(O)c3C4=O)[C@@H]2O)C(O)C1O[C@@H]1OC[C@@H](O)C(O)C1O. The lowest BCUT2D eigenvalue weighted by Crippen LogP contribution is -2.65. The van der Waals surface area contributed by atoms with E-state index in [1.165, 1.54) is 33.2 Å². The first-order valence-corrected chi connectivity index (χ1v) is 18.9. The molecule has 2 saturated heterocycles. The summed E-state index contributed by atoms with van der Waals surface area (Å²) in [6.07, 6.45) is -15.7. The molecule has 3 aromatic carbocycles. The van der Waals surface area contributed by atoms with Gasteiger partial charge < -0.3 is 85.4 Å². The Labute approximate surface area is 345 Å². The molecule has 0 aromatic heterocycles. The van der Waals surface area contributed by atoms with Crippen molar-refractivity contribution in [1.82, 2.24) is 10.6 Å². The quantitative estimate of drug-likeness (QED) is 0.0851. The number of nitrogens with one attached hydrogen (secondary N) is 2. The van der Waals surface area contributed by atoms with Gasteiger partial charge in [0.1, 0.15) is 65.7 Å². The van der Waals surface area contributed by atoms with Gasteiger partial charge in [-0.1, -0.05) is 6.07 Å². The first kappa shape index (κ1) is 43.8. The Hall–Kier alpha value is -5.30. The van der Waals surface area contributed by atoms with Crippen molar-refractivity contribution in [1.29, 1.82) is 0 Å². The van der Waals surface area contributed by atoms with Crippen LogP contribution in [0.25, 0.3) is 11.1 Å². The van der Waals surface area contributed by atoms with E-state index < -0.39 is 161 Å². The third-order valence-corrected chi connectivity index (χ3v) is 11.5. The van der Waals surface area contributed by atoms with Crippen molar-refractivity contribution < 1.29 is 93.9 Å². The lowest BCUT2D eigenvalue weighted by molar-refractivity contribution is -0.339. The molecule has 61 heavy (non-hydrogen) atoms. The van der Waals surface area contributed by atoms with Gasteiger partial charge in [0.2, 0.25) is 0 Å². The second-order valence-corrected chi connectivity index (χ2v) is 15.1. The molecule has 3 aromatic rings. The third kappa shape index (κ3) is 7.16. The van der Waals surface area contributed by atoms with E-state index in [1.807, 2.05) is 0 Å². The first-order chi connectivity index (χ1) is 28.9. The number of ether oxygens (including phenoxy) is 5. The fourth-order valence-corrected chi connectivity index (χ4v) is 8.38. The third-order valence-electron chi connectivity index (χ3n) is 11.5. The lowest BCUT2D eigenvalue weighted by Gasteiger charge is -2.47. The van der Waals surface area contributed by atoms with Crippen molar-refractivity contribution in [3.05, 3.63) is 68.8 Å². The molecular formula is C40H44N2O19. The van der Waals surface area contributed by atoms with Gasteiger partial charge in [-0.25, -0.2) is 4.79 Å². The number of benzene rings is 3. The van der Waals surface area contributed by atoms with Gasteiger partial charge >= 0.3 is 5.97 Å². The molecule has 21 nitrogen and oxygen atoms in total. The lowest BCUT2D eigenvalue weighted by atomic mass is 9.74. The van der Waals surface area contributed by atoms with Crippen molar-refractivity contribution in [2.75, 3.05) is 27.4 Å². The number of fused-ring (bicyclic) bond motifs is 5. The minimum atomic E-state index is -1.93. The van der Waals surface area contributed by atoms with Gasteiger partial charge in [0, 0.05) is 28.3 Å². The van der Waals surface area contributed by atoms with Crippen molar-refractivity contribution in [2.24, 2.45) is 0 Å². The monoisotopic (exact) mass is 856 g/mol. The molecule has 328 valence electrons.